The molecule has 5 nitrogen and oxygen atoms in total. The second kappa shape index (κ2) is 2.70. The SMILES string of the molecule is OP(O)OP(O)(O)(Cl)Cl. The molecule has 0 unspecified atom stereocenters. The van der Waals surface area contributed by atoms with Gasteiger partial charge in [-0.2, -0.15) is 0 Å². The van der Waals surface area contributed by atoms with Crippen molar-refractivity contribution in [3.63, 3.8) is 0 Å². The third kappa shape index (κ3) is 9.24. The van der Waals surface area contributed by atoms with Gasteiger partial charge in [-0.1, -0.05) is 0 Å². The van der Waals surface area contributed by atoms with E-state index in [1.807, 2.05) is 0 Å². The van der Waals surface area contributed by atoms with Crippen LogP contribution in [-0.4, -0.2) is 19.6 Å². The average molecular weight is 217 g/mol. The Morgan fingerprint density at radius 1 is 1.22 bits per heavy atom. The maximum absolute atomic E-state index is 8.34. The fraction of sp³-hybridized carbons (Fsp3) is 0. The monoisotopic (exact) mass is 216 g/mol. The molecule has 0 amide bonds. The summed E-state index contributed by atoms with van der Waals surface area (Å²) in [6, 6.07) is 0. The van der Waals surface area contributed by atoms with Crippen molar-refractivity contribution in [2.75, 3.05) is 0 Å². The van der Waals surface area contributed by atoms with Crippen molar-refractivity contribution in [2.45, 2.75) is 0 Å². The van der Waals surface area contributed by atoms with Gasteiger partial charge in [0.2, 0.25) is 0 Å². The second-order valence-electron chi connectivity index (χ2n) is 1.09. The molecule has 0 atom stereocenters. The Kier molecular flexibility index (Phi) is 3.07. The van der Waals surface area contributed by atoms with Crippen LogP contribution in [-0.2, 0) is 4.31 Å². The summed E-state index contributed by atoms with van der Waals surface area (Å²) in [7, 11) is -2.94. The molecule has 0 heterocycles. The van der Waals surface area contributed by atoms with Gasteiger partial charge in [0.15, 0.2) is 0 Å². The molecule has 0 aromatic rings. The summed E-state index contributed by atoms with van der Waals surface area (Å²) in [5.74, 6) is -5.20. The topological polar surface area (TPSA) is 90.2 Å². The van der Waals surface area contributed by atoms with Crippen molar-refractivity contribution in [1.82, 2.24) is 0 Å². The third-order valence-corrected chi connectivity index (χ3v) is 2.98. The van der Waals surface area contributed by atoms with Crippen LogP contribution in [0.25, 0.3) is 0 Å². The first-order valence-electron chi connectivity index (χ1n) is 1.50. The molecule has 9 heteroatoms. The number of halogens is 2. The fourth-order valence-corrected chi connectivity index (χ4v) is 2.08. The molecular weight excluding hydrogens is 213 g/mol. The zero-order valence-electron chi connectivity index (χ0n) is 3.85. The van der Waals surface area contributed by atoms with E-state index in [0.29, 0.717) is 0 Å². The summed E-state index contributed by atoms with van der Waals surface area (Å²) in [6.45, 7) is 0. The molecule has 9 heavy (non-hydrogen) atoms. The van der Waals surface area contributed by atoms with Gasteiger partial charge < -0.3 is 0 Å². The zero-order valence-corrected chi connectivity index (χ0v) is 7.15. The molecule has 0 aliphatic rings. The van der Waals surface area contributed by atoms with Crippen LogP contribution in [0.15, 0.2) is 0 Å². The van der Waals surface area contributed by atoms with Crippen LogP contribution >= 0.6 is 37.1 Å². The van der Waals surface area contributed by atoms with Crippen LogP contribution in [0.4, 0.5) is 0 Å². The van der Waals surface area contributed by atoms with Gasteiger partial charge in [0.05, 0.1) is 0 Å². The third-order valence-electron chi connectivity index (χ3n) is 0.208. The van der Waals surface area contributed by atoms with E-state index in [2.05, 4.69) is 26.8 Å². The molecule has 0 saturated heterocycles. The van der Waals surface area contributed by atoms with Crippen LogP contribution in [0.2, 0.25) is 0 Å². The summed E-state index contributed by atoms with van der Waals surface area (Å²) >= 11 is 9.33. The summed E-state index contributed by atoms with van der Waals surface area (Å²) in [5, 5.41) is 0. The minimum atomic E-state index is -5.20. The molecule has 0 aliphatic heterocycles. The van der Waals surface area contributed by atoms with Gasteiger partial charge in [-0.3, -0.25) is 0 Å². The molecule has 4 N–H and O–H groups in total. The summed E-state index contributed by atoms with van der Waals surface area (Å²) in [4.78, 5) is 32.7. The molecule has 58 valence electrons. The Hall–Kier alpha value is 1.24. The van der Waals surface area contributed by atoms with E-state index in [1.165, 1.54) is 0 Å². The Labute approximate surface area is 61.5 Å². The maximum atomic E-state index is 8.34. The number of rotatable bonds is 2. The zero-order chi connectivity index (χ0) is 7.73. The van der Waals surface area contributed by atoms with Gasteiger partial charge in [0.25, 0.3) is 0 Å². The van der Waals surface area contributed by atoms with Gasteiger partial charge in [0.1, 0.15) is 0 Å². The van der Waals surface area contributed by atoms with Gasteiger partial charge in [0, 0.05) is 0 Å². The molecule has 0 aliphatic carbocycles. The van der Waals surface area contributed by atoms with E-state index in [9.17, 15) is 0 Å². The quantitative estimate of drug-likeness (QED) is 0.513. The van der Waals surface area contributed by atoms with Crippen molar-refractivity contribution >= 4 is 37.1 Å². The predicted octanol–water partition coefficient (Wildman–Crippen LogP) is 0.805. The van der Waals surface area contributed by atoms with Crippen LogP contribution in [0.1, 0.15) is 0 Å². The Balaban J connectivity index is 3.89. The molecule has 0 aromatic carbocycles. The Morgan fingerprint density at radius 2 is 1.56 bits per heavy atom. The fourth-order valence-electron chi connectivity index (χ4n) is 0.121. The van der Waals surface area contributed by atoms with Crippen molar-refractivity contribution in [3.05, 3.63) is 0 Å². The van der Waals surface area contributed by atoms with Crippen molar-refractivity contribution in [1.29, 1.82) is 0 Å². The van der Waals surface area contributed by atoms with Gasteiger partial charge in [-0.15, -0.1) is 0 Å². The number of hydrogen-bond acceptors (Lipinski definition) is 5. The normalized spacial score (nSPS) is 17.4. The first-order valence-corrected chi connectivity index (χ1v) is 6.54. The van der Waals surface area contributed by atoms with E-state index in [1.54, 1.807) is 0 Å². The standard InChI is InChI=1S/Cl2H4O5P2/c1-9(2,5,6)7-8(3)4/h3-6H. The van der Waals surface area contributed by atoms with Crippen molar-refractivity contribution in [3.8, 4) is 0 Å². The summed E-state index contributed by atoms with van der Waals surface area (Å²) < 4.78 is 3.57. The molecule has 0 radical (unpaired) electrons. The van der Waals surface area contributed by atoms with Gasteiger partial charge in [-0.05, 0) is 0 Å². The summed E-state index contributed by atoms with van der Waals surface area (Å²) in [6.07, 6.45) is 0. The van der Waals surface area contributed by atoms with Crippen LogP contribution in [0.3, 0.4) is 0 Å². The molecule has 0 fully saturated rings. The first-order chi connectivity index (χ1) is 3.67. The minimum absolute atomic E-state index is 2.94. The van der Waals surface area contributed by atoms with Crippen LogP contribution < -0.4 is 0 Å². The predicted molar refractivity (Wildman–Crippen MR) is 35.5 cm³/mol. The number of hydrogen-bond donors (Lipinski definition) is 4. The Bertz CT molecular complexity index is 94.0. The van der Waals surface area contributed by atoms with E-state index in [4.69, 9.17) is 19.6 Å². The van der Waals surface area contributed by atoms with Crippen molar-refractivity contribution in [2.24, 2.45) is 0 Å². The van der Waals surface area contributed by atoms with Crippen LogP contribution in [0, 0.1) is 0 Å². The molecule has 0 spiro atoms. The molecule has 0 aromatic heterocycles. The van der Waals surface area contributed by atoms with E-state index < -0.39 is 14.6 Å². The van der Waals surface area contributed by atoms with Gasteiger partial charge in [-0.25, -0.2) is 0 Å². The Morgan fingerprint density at radius 3 is 1.56 bits per heavy atom. The van der Waals surface area contributed by atoms with Gasteiger partial charge >= 0.3 is 61.0 Å². The first kappa shape index (κ1) is 10.2. The molecule has 0 bridgehead atoms. The molecule has 0 rings (SSSR count). The second-order valence-corrected chi connectivity index (χ2v) is 7.94. The van der Waals surface area contributed by atoms with E-state index >= 15 is 0 Å². The average Bonchev–Trinajstić information content (AvgIpc) is 1.16. The molecule has 0 saturated carbocycles. The van der Waals surface area contributed by atoms with Crippen LogP contribution in [0.5, 0.6) is 0 Å². The molecular formula is H4Cl2O5P2. The van der Waals surface area contributed by atoms with E-state index in [-0.39, 0.29) is 0 Å². The van der Waals surface area contributed by atoms with Crippen molar-refractivity contribution < 1.29 is 23.9 Å². The van der Waals surface area contributed by atoms with E-state index in [0.717, 1.165) is 0 Å². The summed E-state index contributed by atoms with van der Waals surface area (Å²) in [5.41, 5.74) is 0.